The number of aromatic nitrogens is 1. The van der Waals surface area contributed by atoms with E-state index >= 15 is 0 Å². The highest BCUT2D eigenvalue weighted by atomic mass is 19.1. The first-order chi connectivity index (χ1) is 7.00. The van der Waals surface area contributed by atoms with Crippen LogP contribution in [-0.4, -0.2) is 17.6 Å². The summed E-state index contributed by atoms with van der Waals surface area (Å²) in [5.41, 5.74) is 11.7. The highest BCUT2D eigenvalue weighted by Crippen LogP contribution is 2.14. The summed E-state index contributed by atoms with van der Waals surface area (Å²) in [7, 11) is 0. The van der Waals surface area contributed by atoms with Gasteiger partial charge in [-0.2, -0.15) is 0 Å². The fraction of sp³-hybridized carbons (Fsp3) is 0.300. The van der Waals surface area contributed by atoms with Crippen LogP contribution >= 0.6 is 0 Å². The van der Waals surface area contributed by atoms with Gasteiger partial charge in [0.1, 0.15) is 0 Å². The van der Waals surface area contributed by atoms with Gasteiger partial charge in [-0.05, 0) is 13.0 Å². The number of pyridine rings is 1. The van der Waals surface area contributed by atoms with Crippen molar-refractivity contribution in [2.24, 2.45) is 11.5 Å². The maximum atomic E-state index is 13.4. The Morgan fingerprint density at radius 3 is 2.87 bits per heavy atom. The smallest absolute Gasteiger partial charge is 0.166 e. The molecule has 0 fully saturated rings. The summed E-state index contributed by atoms with van der Waals surface area (Å²) in [6.07, 6.45) is 1.47. The van der Waals surface area contributed by atoms with Crippen LogP contribution in [0.3, 0.4) is 0 Å². The molecule has 0 aliphatic rings. The van der Waals surface area contributed by atoms with Crippen LogP contribution in [0.25, 0.3) is 5.70 Å². The van der Waals surface area contributed by atoms with Gasteiger partial charge < -0.3 is 16.8 Å². The average Bonchev–Trinajstić information content (AvgIpc) is 2.15. The first-order valence-corrected chi connectivity index (χ1v) is 4.60. The van der Waals surface area contributed by atoms with Gasteiger partial charge in [-0.25, -0.2) is 9.37 Å². The first kappa shape index (κ1) is 11.5. The van der Waals surface area contributed by atoms with E-state index in [0.29, 0.717) is 17.8 Å². The van der Waals surface area contributed by atoms with E-state index in [0.717, 1.165) is 0 Å². The lowest BCUT2D eigenvalue weighted by atomic mass is 10.2. The summed E-state index contributed by atoms with van der Waals surface area (Å²) in [6.45, 7) is 5.79. The van der Waals surface area contributed by atoms with Crippen LogP contribution in [0.1, 0.15) is 12.5 Å². The van der Waals surface area contributed by atoms with E-state index in [2.05, 4.69) is 16.9 Å². The van der Waals surface area contributed by atoms with Crippen LogP contribution in [-0.2, 0) is 0 Å². The molecular formula is C10H15FN4. The molecule has 1 aromatic heterocycles. The molecule has 0 aliphatic heterocycles. The Morgan fingerprint density at radius 2 is 2.40 bits per heavy atom. The quantitative estimate of drug-likeness (QED) is 0.690. The van der Waals surface area contributed by atoms with E-state index in [1.807, 2.05) is 6.92 Å². The van der Waals surface area contributed by atoms with E-state index in [-0.39, 0.29) is 11.9 Å². The lowest BCUT2D eigenvalue weighted by Crippen LogP contribution is -2.25. The second kappa shape index (κ2) is 4.75. The summed E-state index contributed by atoms with van der Waals surface area (Å²) in [5, 5.41) is 2.80. The van der Waals surface area contributed by atoms with E-state index in [9.17, 15) is 4.39 Å². The monoisotopic (exact) mass is 210 g/mol. The molecule has 0 radical (unpaired) electrons. The largest absolute Gasteiger partial charge is 0.399 e. The van der Waals surface area contributed by atoms with Crippen LogP contribution < -0.4 is 16.8 Å². The molecule has 5 heteroatoms. The minimum atomic E-state index is -0.459. The molecule has 82 valence electrons. The third kappa shape index (κ3) is 3.21. The third-order valence-electron chi connectivity index (χ3n) is 1.80. The lowest BCUT2D eigenvalue weighted by Gasteiger charge is -2.09. The zero-order valence-electron chi connectivity index (χ0n) is 8.63. The molecule has 1 rings (SSSR count). The minimum Gasteiger partial charge on any atom is -0.399 e. The molecule has 0 amide bonds. The van der Waals surface area contributed by atoms with E-state index < -0.39 is 5.82 Å². The van der Waals surface area contributed by atoms with Crippen LogP contribution in [0.4, 0.5) is 10.2 Å². The van der Waals surface area contributed by atoms with Crippen molar-refractivity contribution in [1.82, 2.24) is 4.98 Å². The maximum absolute atomic E-state index is 13.4. The van der Waals surface area contributed by atoms with Crippen molar-refractivity contribution in [3.05, 3.63) is 30.2 Å². The molecule has 0 saturated carbocycles. The predicted octanol–water partition coefficient (Wildman–Crippen LogP) is 0.909. The van der Waals surface area contributed by atoms with Gasteiger partial charge in [0, 0.05) is 30.0 Å². The Morgan fingerprint density at radius 1 is 1.73 bits per heavy atom. The molecule has 1 unspecified atom stereocenters. The number of nitrogens with zero attached hydrogens (tertiary/aromatic N) is 1. The lowest BCUT2D eigenvalue weighted by molar-refractivity contribution is 0.621. The van der Waals surface area contributed by atoms with E-state index in [1.54, 1.807) is 0 Å². The third-order valence-corrected chi connectivity index (χ3v) is 1.80. The number of nitrogens with one attached hydrogen (secondary N) is 1. The number of rotatable bonds is 4. The molecule has 15 heavy (non-hydrogen) atoms. The van der Waals surface area contributed by atoms with Gasteiger partial charge in [-0.15, -0.1) is 0 Å². The highest BCUT2D eigenvalue weighted by Gasteiger charge is 2.06. The first-order valence-electron chi connectivity index (χ1n) is 4.60. The molecule has 1 atom stereocenters. The SMILES string of the molecule is C=C(N)c1cnc(NCC(C)N)c(F)c1. The minimum absolute atomic E-state index is 0.0599. The summed E-state index contributed by atoms with van der Waals surface area (Å²) < 4.78 is 13.4. The molecule has 0 saturated heterocycles. The van der Waals surface area contributed by atoms with Gasteiger partial charge in [0.15, 0.2) is 11.6 Å². The van der Waals surface area contributed by atoms with Crippen LogP contribution in [0.15, 0.2) is 18.8 Å². The van der Waals surface area contributed by atoms with Crippen molar-refractivity contribution < 1.29 is 4.39 Å². The van der Waals surface area contributed by atoms with Crippen LogP contribution in [0.5, 0.6) is 0 Å². The van der Waals surface area contributed by atoms with Gasteiger partial charge in [0.05, 0.1) is 0 Å². The second-order valence-corrected chi connectivity index (χ2v) is 3.44. The normalized spacial score (nSPS) is 12.2. The molecule has 5 N–H and O–H groups in total. The number of hydrogen-bond acceptors (Lipinski definition) is 4. The Labute approximate surface area is 88.2 Å². The number of nitrogens with two attached hydrogens (primary N) is 2. The van der Waals surface area contributed by atoms with Crippen molar-refractivity contribution in [2.75, 3.05) is 11.9 Å². The van der Waals surface area contributed by atoms with E-state index in [4.69, 9.17) is 11.5 Å². The van der Waals surface area contributed by atoms with Crippen molar-refractivity contribution in [1.29, 1.82) is 0 Å². The summed E-state index contributed by atoms with van der Waals surface area (Å²) >= 11 is 0. The topological polar surface area (TPSA) is 77.0 Å². The average molecular weight is 210 g/mol. The molecule has 0 aliphatic carbocycles. The summed E-state index contributed by atoms with van der Waals surface area (Å²) in [4.78, 5) is 3.89. The van der Waals surface area contributed by atoms with Gasteiger partial charge in [0.25, 0.3) is 0 Å². The fourth-order valence-electron chi connectivity index (χ4n) is 1.00. The number of halogens is 1. The van der Waals surface area contributed by atoms with Gasteiger partial charge in [-0.1, -0.05) is 6.58 Å². The standard InChI is InChI=1S/C10H15FN4/c1-6(12)4-14-10-9(11)3-8(5-15-10)7(2)13/h3,5-6H,2,4,12-13H2,1H3,(H,14,15). The van der Waals surface area contributed by atoms with Crippen LogP contribution in [0.2, 0.25) is 0 Å². The zero-order valence-corrected chi connectivity index (χ0v) is 8.63. The Hall–Kier alpha value is -1.62. The van der Waals surface area contributed by atoms with Gasteiger partial charge in [0.2, 0.25) is 0 Å². The molecule has 1 heterocycles. The number of hydrogen-bond donors (Lipinski definition) is 3. The Kier molecular flexibility index (Phi) is 3.62. The second-order valence-electron chi connectivity index (χ2n) is 3.44. The van der Waals surface area contributed by atoms with Gasteiger partial charge >= 0.3 is 0 Å². The van der Waals surface area contributed by atoms with E-state index in [1.165, 1.54) is 12.3 Å². The summed E-state index contributed by atoms with van der Waals surface area (Å²) in [6, 6.07) is 1.23. The molecule has 0 bridgehead atoms. The Balaban J connectivity index is 2.79. The fourth-order valence-corrected chi connectivity index (χ4v) is 1.00. The zero-order chi connectivity index (χ0) is 11.4. The van der Waals surface area contributed by atoms with Crippen molar-refractivity contribution >= 4 is 11.5 Å². The molecule has 0 aromatic carbocycles. The Bertz CT molecular complexity index is 362. The van der Waals surface area contributed by atoms with Crippen molar-refractivity contribution in [2.45, 2.75) is 13.0 Å². The van der Waals surface area contributed by atoms with Gasteiger partial charge in [-0.3, -0.25) is 0 Å². The molecule has 1 aromatic rings. The number of anilines is 1. The van der Waals surface area contributed by atoms with Crippen LogP contribution in [0, 0.1) is 5.82 Å². The molecule has 0 spiro atoms. The highest BCUT2D eigenvalue weighted by molar-refractivity contribution is 5.60. The van der Waals surface area contributed by atoms with Crippen molar-refractivity contribution in [3.63, 3.8) is 0 Å². The molecule has 4 nitrogen and oxygen atoms in total. The molecular weight excluding hydrogens is 195 g/mol. The maximum Gasteiger partial charge on any atom is 0.166 e. The summed E-state index contributed by atoms with van der Waals surface area (Å²) in [5.74, 6) is -0.281. The predicted molar refractivity (Wildman–Crippen MR) is 59.6 cm³/mol. The van der Waals surface area contributed by atoms with Crippen molar-refractivity contribution in [3.8, 4) is 0 Å².